The number of H-pyrrole nitrogens is 1. The van der Waals surface area contributed by atoms with Crippen LogP contribution in [0.3, 0.4) is 0 Å². The quantitative estimate of drug-likeness (QED) is 0.673. The Balaban J connectivity index is 1.80. The number of halogens is 1. The Morgan fingerprint density at radius 2 is 2.00 bits per heavy atom. The summed E-state index contributed by atoms with van der Waals surface area (Å²) < 4.78 is 0. The van der Waals surface area contributed by atoms with Gasteiger partial charge in [-0.1, -0.05) is 35.9 Å². The summed E-state index contributed by atoms with van der Waals surface area (Å²) in [5, 5.41) is 19.8. The number of carbonyl (C=O) groups is 1. The molecule has 3 aromatic rings. The number of aryl methyl sites for hydroxylation is 1. The van der Waals surface area contributed by atoms with Crippen LogP contribution in [-0.4, -0.2) is 21.2 Å². The monoisotopic (exact) mass is 341 g/mol. The topological polar surface area (TPSA) is 78.0 Å². The normalized spacial score (nSPS) is 10.6. The molecular weight excluding hydrogens is 326 g/mol. The number of anilines is 1. The third-order valence-electron chi connectivity index (χ3n) is 3.62. The summed E-state index contributed by atoms with van der Waals surface area (Å²) in [5.41, 5.74) is 3.35. The molecular formula is C18H16ClN3O2. The first-order valence-electron chi connectivity index (χ1n) is 7.41. The summed E-state index contributed by atoms with van der Waals surface area (Å²) in [4.78, 5) is 12.3. The lowest BCUT2D eigenvalue weighted by molar-refractivity contribution is -0.115. The predicted molar refractivity (Wildman–Crippen MR) is 94.2 cm³/mol. The summed E-state index contributed by atoms with van der Waals surface area (Å²) in [7, 11) is 0. The fraction of sp³-hybridized carbons (Fsp3) is 0.111. The molecule has 0 fully saturated rings. The van der Waals surface area contributed by atoms with Gasteiger partial charge in [0.2, 0.25) is 5.91 Å². The molecule has 0 aliphatic carbocycles. The van der Waals surface area contributed by atoms with Gasteiger partial charge in [0.15, 0.2) is 5.82 Å². The molecule has 0 saturated carbocycles. The number of aromatic amines is 1. The number of aromatic hydroxyl groups is 1. The number of hydrogen-bond acceptors (Lipinski definition) is 3. The van der Waals surface area contributed by atoms with E-state index in [0.717, 1.165) is 22.4 Å². The Bertz CT molecular complexity index is 872. The van der Waals surface area contributed by atoms with Crippen LogP contribution in [0, 0.1) is 6.92 Å². The lowest BCUT2D eigenvalue weighted by atomic mass is 10.1. The van der Waals surface area contributed by atoms with Gasteiger partial charge in [-0.05, 0) is 42.3 Å². The highest BCUT2D eigenvalue weighted by Crippen LogP contribution is 2.31. The molecule has 5 nitrogen and oxygen atoms in total. The molecule has 3 rings (SSSR count). The van der Waals surface area contributed by atoms with Crippen molar-refractivity contribution in [3.05, 3.63) is 64.8 Å². The van der Waals surface area contributed by atoms with Gasteiger partial charge < -0.3 is 10.4 Å². The van der Waals surface area contributed by atoms with Crippen molar-refractivity contribution >= 4 is 23.3 Å². The molecule has 2 aromatic carbocycles. The van der Waals surface area contributed by atoms with Crippen molar-refractivity contribution in [2.24, 2.45) is 0 Å². The first-order chi connectivity index (χ1) is 11.5. The minimum atomic E-state index is -0.185. The molecule has 6 heteroatoms. The Hall–Kier alpha value is -2.79. The molecule has 3 N–H and O–H groups in total. The molecule has 1 amide bonds. The van der Waals surface area contributed by atoms with Gasteiger partial charge in [0.1, 0.15) is 5.75 Å². The molecule has 0 radical (unpaired) electrons. The van der Waals surface area contributed by atoms with Crippen molar-refractivity contribution in [2.75, 3.05) is 5.32 Å². The van der Waals surface area contributed by atoms with Crippen molar-refractivity contribution < 1.29 is 9.90 Å². The van der Waals surface area contributed by atoms with E-state index >= 15 is 0 Å². The van der Waals surface area contributed by atoms with Gasteiger partial charge in [-0.2, -0.15) is 5.10 Å². The SMILES string of the molecule is Cc1[nH]nc(NC(=O)Cc2ccc(O)cc2)c1-c1cccc(Cl)c1. The van der Waals surface area contributed by atoms with Crippen LogP contribution < -0.4 is 5.32 Å². The van der Waals surface area contributed by atoms with E-state index in [4.69, 9.17) is 11.6 Å². The van der Waals surface area contributed by atoms with Crippen LogP contribution >= 0.6 is 11.6 Å². The van der Waals surface area contributed by atoms with Gasteiger partial charge in [-0.25, -0.2) is 0 Å². The van der Waals surface area contributed by atoms with E-state index in [1.165, 1.54) is 0 Å². The molecule has 24 heavy (non-hydrogen) atoms. The van der Waals surface area contributed by atoms with Gasteiger partial charge in [-0.15, -0.1) is 0 Å². The van der Waals surface area contributed by atoms with Gasteiger partial charge >= 0.3 is 0 Å². The summed E-state index contributed by atoms with van der Waals surface area (Å²) in [6.07, 6.45) is 0.196. The largest absolute Gasteiger partial charge is 0.508 e. The van der Waals surface area contributed by atoms with Crippen molar-refractivity contribution in [3.8, 4) is 16.9 Å². The summed E-state index contributed by atoms with van der Waals surface area (Å²) in [5.74, 6) is 0.458. The summed E-state index contributed by atoms with van der Waals surface area (Å²) in [6, 6.07) is 13.9. The number of nitrogens with one attached hydrogen (secondary N) is 2. The van der Waals surface area contributed by atoms with Gasteiger partial charge in [-0.3, -0.25) is 9.89 Å². The van der Waals surface area contributed by atoms with Crippen LogP contribution in [0.15, 0.2) is 48.5 Å². The van der Waals surface area contributed by atoms with E-state index < -0.39 is 0 Å². The summed E-state index contributed by atoms with van der Waals surface area (Å²) in [6.45, 7) is 1.89. The fourth-order valence-corrected chi connectivity index (χ4v) is 2.68. The number of rotatable bonds is 4. The standard InChI is InChI=1S/C18H16ClN3O2/c1-11-17(13-3-2-4-14(19)10-13)18(22-21-11)20-16(24)9-12-5-7-15(23)8-6-12/h2-8,10,23H,9H2,1H3,(H2,20,21,22,24). The second kappa shape index (κ2) is 6.76. The fourth-order valence-electron chi connectivity index (χ4n) is 2.49. The van der Waals surface area contributed by atoms with Gasteiger partial charge in [0, 0.05) is 16.3 Å². The lowest BCUT2D eigenvalue weighted by Gasteiger charge is -2.07. The lowest BCUT2D eigenvalue weighted by Crippen LogP contribution is -2.15. The van der Waals surface area contributed by atoms with Crippen molar-refractivity contribution in [2.45, 2.75) is 13.3 Å². The molecule has 0 aliphatic heterocycles. The number of hydrogen-bond donors (Lipinski definition) is 3. The second-order valence-electron chi connectivity index (χ2n) is 5.47. The van der Waals surface area contributed by atoms with E-state index in [-0.39, 0.29) is 18.1 Å². The van der Waals surface area contributed by atoms with E-state index in [2.05, 4.69) is 15.5 Å². The molecule has 0 aliphatic rings. The number of aromatic nitrogens is 2. The maximum atomic E-state index is 12.3. The number of phenolic OH excluding ortho intramolecular Hbond substituents is 1. The minimum Gasteiger partial charge on any atom is -0.508 e. The van der Waals surface area contributed by atoms with Gasteiger partial charge in [0.25, 0.3) is 0 Å². The first kappa shape index (κ1) is 16.1. The Labute approximate surface area is 144 Å². The van der Waals surface area contributed by atoms with Crippen LogP contribution in [-0.2, 0) is 11.2 Å². The molecule has 0 atom stereocenters. The van der Waals surface area contributed by atoms with E-state index in [1.54, 1.807) is 30.3 Å². The highest BCUT2D eigenvalue weighted by atomic mass is 35.5. The average molecular weight is 342 g/mol. The predicted octanol–water partition coefficient (Wildman–Crippen LogP) is 3.93. The van der Waals surface area contributed by atoms with E-state index in [9.17, 15) is 9.90 Å². The number of phenols is 1. The highest BCUT2D eigenvalue weighted by molar-refractivity contribution is 6.30. The zero-order chi connectivity index (χ0) is 17.1. The summed E-state index contributed by atoms with van der Waals surface area (Å²) >= 11 is 6.05. The molecule has 0 unspecified atom stereocenters. The molecule has 122 valence electrons. The Kier molecular flexibility index (Phi) is 4.53. The smallest absolute Gasteiger partial charge is 0.230 e. The van der Waals surface area contributed by atoms with Crippen molar-refractivity contribution in [1.29, 1.82) is 0 Å². The molecule has 0 saturated heterocycles. The molecule has 0 bridgehead atoms. The Morgan fingerprint density at radius 1 is 1.25 bits per heavy atom. The van der Waals surface area contributed by atoms with Crippen molar-refractivity contribution in [1.82, 2.24) is 10.2 Å². The zero-order valence-corrected chi connectivity index (χ0v) is 13.8. The van der Waals surface area contributed by atoms with Crippen LogP contribution in [0.25, 0.3) is 11.1 Å². The minimum absolute atomic E-state index is 0.172. The average Bonchev–Trinajstić information content (AvgIpc) is 2.90. The van der Waals surface area contributed by atoms with Crippen molar-refractivity contribution in [3.63, 3.8) is 0 Å². The third kappa shape index (κ3) is 3.58. The van der Waals surface area contributed by atoms with Crippen LogP contribution in [0.1, 0.15) is 11.3 Å². The zero-order valence-electron chi connectivity index (χ0n) is 13.0. The maximum absolute atomic E-state index is 12.3. The van der Waals surface area contributed by atoms with E-state index in [1.807, 2.05) is 25.1 Å². The van der Waals surface area contributed by atoms with Crippen LogP contribution in [0.2, 0.25) is 5.02 Å². The van der Waals surface area contributed by atoms with Gasteiger partial charge in [0.05, 0.1) is 6.42 Å². The maximum Gasteiger partial charge on any atom is 0.230 e. The first-order valence-corrected chi connectivity index (χ1v) is 7.79. The van der Waals surface area contributed by atoms with Crippen LogP contribution in [0.4, 0.5) is 5.82 Å². The van der Waals surface area contributed by atoms with Crippen LogP contribution in [0.5, 0.6) is 5.75 Å². The number of carbonyl (C=O) groups excluding carboxylic acids is 1. The second-order valence-corrected chi connectivity index (χ2v) is 5.91. The number of amides is 1. The number of nitrogens with zero attached hydrogens (tertiary/aromatic N) is 1. The number of benzene rings is 2. The highest BCUT2D eigenvalue weighted by Gasteiger charge is 2.15. The molecule has 0 spiro atoms. The van der Waals surface area contributed by atoms with E-state index in [0.29, 0.717) is 10.8 Å². The Morgan fingerprint density at radius 3 is 2.71 bits per heavy atom. The third-order valence-corrected chi connectivity index (χ3v) is 3.85. The molecule has 1 heterocycles. The molecule has 1 aromatic heterocycles.